The van der Waals surface area contributed by atoms with Gasteiger partial charge in [0.25, 0.3) is 0 Å². The molecule has 1 unspecified atom stereocenters. The summed E-state index contributed by atoms with van der Waals surface area (Å²) in [6, 6.07) is 12.2. The second-order valence-electron chi connectivity index (χ2n) is 3.44. The fourth-order valence-electron chi connectivity index (χ4n) is 1.52. The molecule has 1 N–H and O–H groups in total. The van der Waals surface area contributed by atoms with Gasteiger partial charge in [0.05, 0.1) is 4.90 Å². The zero-order valence-corrected chi connectivity index (χ0v) is 11.1. The van der Waals surface area contributed by atoms with Crippen LogP contribution >= 0.6 is 24.2 Å². The second-order valence-corrected chi connectivity index (χ2v) is 5.33. The summed E-state index contributed by atoms with van der Waals surface area (Å²) in [5.74, 6) is 0. The highest BCUT2D eigenvalue weighted by molar-refractivity contribution is 7.80. The number of benzene rings is 2. The van der Waals surface area contributed by atoms with E-state index in [9.17, 15) is 8.76 Å². The van der Waals surface area contributed by atoms with Gasteiger partial charge in [-0.2, -0.15) is 0 Å². The Hall–Kier alpha value is -0.810. The molecule has 0 bridgehead atoms. The van der Waals surface area contributed by atoms with E-state index in [2.05, 4.69) is 12.6 Å². The predicted octanol–water partition coefficient (Wildman–Crippen LogP) is 3.88. The van der Waals surface area contributed by atoms with Crippen LogP contribution in [0.1, 0.15) is 0 Å². The lowest BCUT2D eigenvalue weighted by Crippen LogP contribution is -1.92. The van der Waals surface area contributed by atoms with Crippen molar-refractivity contribution in [2.45, 2.75) is 9.79 Å². The van der Waals surface area contributed by atoms with Crippen molar-refractivity contribution in [1.29, 1.82) is 0 Å². The van der Waals surface area contributed by atoms with E-state index < -0.39 is 11.1 Å². The van der Waals surface area contributed by atoms with Crippen molar-refractivity contribution in [2.24, 2.45) is 0 Å². The largest absolute Gasteiger partial charge is 0.302 e. The van der Waals surface area contributed by atoms with Gasteiger partial charge in [0, 0.05) is 15.5 Å². The van der Waals surface area contributed by atoms with E-state index in [1.54, 1.807) is 18.2 Å². The summed E-state index contributed by atoms with van der Waals surface area (Å²) in [6.45, 7) is 0. The molecule has 5 heteroatoms. The van der Waals surface area contributed by atoms with Gasteiger partial charge in [0.15, 0.2) is 11.1 Å². The third kappa shape index (κ3) is 2.90. The lowest BCUT2D eigenvalue weighted by atomic mass is 10.1. The summed E-state index contributed by atoms with van der Waals surface area (Å²) < 4.78 is 20.5. The highest BCUT2D eigenvalue weighted by Crippen LogP contribution is 2.29. The van der Waals surface area contributed by atoms with E-state index in [0.717, 1.165) is 10.5 Å². The molecule has 0 radical (unpaired) electrons. The van der Waals surface area contributed by atoms with Gasteiger partial charge in [-0.1, -0.05) is 23.7 Å². The second kappa shape index (κ2) is 5.23. The number of rotatable bonds is 2. The molecule has 0 aliphatic heterocycles. The smallest absolute Gasteiger partial charge is 0.187 e. The van der Waals surface area contributed by atoms with Crippen molar-refractivity contribution < 1.29 is 8.76 Å². The molecule has 2 aromatic carbocycles. The lowest BCUT2D eigenvalue weighted by Gasteiger charge is -2.07. The Balaban J connectivity index is 2.60. The summed E-state index contributed by atoms with van der Waals surface area (Å²) in [7, 11) is 0. The van der Waals surface area contributed by atoms with Gasteiger partial charge in [-0.05, 0) is 35.9 Å². The summed E-state index contributed by atoms with van der Waals surface area (Å²) >= 11 is 8.07. The standard InChI is InChI=1S/C12H9ClO2S2/c13-9-3-6-12(17(14)15)11(7-9)8-1-4-10(16)5-2-8/h1-7,16H,(H,14,15). The minimum absolute atomic E-state index is 0.348. The van der Waals surface area contributed by atoms with Crippen LogP contribution in [0.2, 0.25) is 5.02 Å². The summed E-state index contributed by atoms with van der Waals surface area (Å²) in [6.07, 6.45) is 0. The van der Waals surface area contributed by atoms with E-state index in [1.807, 2.05) is 24.3 Å². The Labute approximate surface area is 112 Å². The first-order chi connectivity index (χ1) is 8.08. The molecule has 2 aromatic rings. The van der Waals surface area contributed by atoms with Crippen LogP contribution in [0.25, 0.3) is 11.1 Å². The Morgan fingerprint density at radius 3 is 2.35 bits per heavy atom. The zero-order chi connectivity index (χ0) is 12.4. The first-order valence-electron chi connectivity index (χ1n) is 4.78. The molecular formula is C12H9ClO2S2. The highest BCUT2D eigenvalue weighted by atomic mass is 35.5. The van der Waals surface area contributed by atoms with Crippen molar-refractivity contribution >= 4 is 35.3 Å². The van der Waals surface area contributed by atoms with Gasteiger partial charge in [0.1, 0.15) is 0 Å². The average molecular weight is 285 g/mol. The Kier molecular flexibility index (Phi) is 3.89. The molecule has 2 nitrogen and oxygen atoms in total. The van der Waals surface area contributed by atoms with Crippen LogP contribution in [0.15, 0.2) is 52.3 Å². The summed E-state index contributed by atoms with van der Waals surface area (Å²) in [5, 5.41) is 0.532. The normalized spacial score (nSPS) is 12.4. The minimum atomic E-state index is -2.03. The molecular weight excluding hydrogens is 276 g/mol. The van der Waals surface area contributed by atoms with Gasteiger partial charge in [-0.3, -0.25) is 0 Å². The SMILES string of the molecule is O=S(O)c1ccc(Cl)cc1-c1ccc(S)cc1. The molecule has 0 fully saturated rings. The maximum atomic E-state index is 11.2. The van der Waals surface area contributed by atoms with Gasteiger partial charge in [-0.25, -0.2) is 4.21 Å². The van der Waals surface area contributed by atoms with Crippen LogP contribution in [-0.4, -0.2) is 8.76 Å². The van der Waals surface area contributed by atoms with Crippen LogP contribution < -0.4 is 0 Å². The average Bonchev–Trinajstić information content (AvgIpc) is 2.29. The molecule has 0 saturated heterocycles. The van der Waals surface area contributed by atoms with Crippen LogP contribution in [0, 0.1) is 0 Å². The molecule has 0 spiro atoms. The first-order valence-corrected chi connectivity index (χ1v) is 6.71. The van der Waals surface area contributed by atoms with E-state index in [-0.39, 0.29) is 0 Å². The van der Waals surface area contributed by atoms with E-state index >= 15 is 0 Å². The monoisotopic (exact) mass is 284 g/mol. The maximum absolute atomic E-state index is 11.2. The van der Waals surface area contributed by atoms with Gasteiger partial charge >= 0.3 is 0 Å². The lowest BCUT2D eigenvalue weighted by molar-refractivity contribution is 0.564. The van der Waals surface area contributed by atoms with E-state index in [0.29, 0.717) is 15.5 Å². The minimum Gasteiger partial charge on any atom is -0.302 e. The van der Waals surface area contributed by atoms with Crippen LogP contribution in [0.3, 0.4) is 0 Å². The molecule has 0 aromatic heterocycles. The van der Waals surface area contributed by atoms with Crippen LogP contribution in [-0.2, 0) is 11.1 Å². The van der Waals surface area contributed by atoms with Gasteiger partial charge < -0.3 is 4.55 Å². The molecule has 1 atom stereocenters. The van der Waals surface area contributed by atoms with Crippen LogP contribution in [0.4, 0.5) is 0 Å². The molecule has 2 rings (SSSR count). The first kappa shape index (κ1) is 12.6. The van der Waals surface area contributed by atoms with E-state index in [4.69, 9.17) is 11.6 Å². The molecule has 0 amide bonds. The fraction of sp³-hybridized carbons (Fsp3) is 0. The van der Waals surface area contributed by atoms with Crippen molar-refractivity contribution in [3.05, 3.63) is 47.5 Å². The predicted molar refractivity (Wildman–Crippen MR) is 73.2 cm³/mol. The third-order valence-corrected chi connectivity index (χ3v) is 3.57. The van der Waals surface area contributed by atoms with Crippen molar-refractivity contribution in [3.8, 4) is 11.1 Å². The molecule has 88 valence electrons. The van der Waals surface area contributed by atoms with Crippen molar-refractivity contribution in [1.82, 2.24) is 0 Å². The molecule has 0 aliphatic carbocycles. The zero-order valence-electron chi connectivity index (χ0n) is 8.63. The summed E-state index contributed by atoms with van der Waals surface area (Å²) in [5.41, 5.74) is 1.49. The highest BCUT2D eigenvalue weighted by Gasteiger charge is 2.10. The Bertz CT molecular complexity index is 567. The summed E-state index contributed by atoms with van der Waals surface area (Å²) in [4.78, 5) is 1.18. The Morgan fingerprint density at radius 1 is 1.12 bits per heavy atom. The van der Waals surface area contributed by atoms with Crippen molar-refractivity contribution in [2.75, 3.05) is 0 Å². The van der Waals surface area contributed by atoms with E-state index in [1.165, 1.54) is 0 Å². The number of halogens is 1. The topological polar surface area (TPSA) is 37.3 Å². The molecule has 0 saturated carbocycles. The number of hydrogen-bond acceptors (Lipinski definition) is 2. The van der Waals surface area contributed by atoms with Crippen LogP contribution in [0.5, 0.6) is 0 Å². The number of thiol groups is 1. The molecule has 17 heavy (non-hydrogen) atoms. The third-order valence-electron chi connectivity index (χ3n) is 2.31. The van der Waals surface area contributed by atoms with Gasteiger partial charge in [-0.15, -0.1) is 12.6 Å². The fourth-order valence-corrected chi connectivity index (χ4v) is 2.39. The Morgan fingerprint density at radius 2 is 1.76 bits per heavy atom. The maximum Gasteiger partial charge on any atom is 0.187 e. The number of hydrogen-bond donors (Lipinski definition) is 2. The van der Waals surface area contributed by atoms with Gasteiger partial charge in [0.2, 0.25) is 0 Å². The molecule has 0 aliphatic rings. The quantitative estimate of drug-likeness (QED) is 0.649. The van der Waals surface area contributed by atoms with Crippen molar-refractivity contribution in [3.63, 3.8) is 0 Å². The molecule has 0 heterocycles.